The summed E-state index contributed by atoms with van der Waals surface area (Å²) < 4.78 is 41.8. The van der Waals surface area contributed by atoms with Crippen LogP contribution in [0.5, 0.6) is 0 Å². The Labute approximate surface area is 167 Å². The molecule has 2 heterocycles. The molecule has 3 rings (SSSR count). The molecule has 29 heavy (non-hydrogen) atoms. The monoisotopic (exact) mass is 410 g/mol. The van der Waals surface area contributed by atoms with Gasteiger partial charge in [-0.3, -0.25) is 14.3 Å². The molecule has 1 saturated heterocycles. The molecule has 1 aliphatic carbocycles. The van der Waals surface area contributed by atoms with Crippen LogP contribution >= 0.6 is 0 Å². The number of allylic oxidation sites excluding steroid dienone is 4. The van der Waals surface area contributed by atoms with Crippen molar-refractivity contribution < 1.29 is 32.6 Å². The third-order valence-corrected chi connectivity index (χ3v) is 4.59. The molecule has 3 atom stereocenters. The van der Waals surface area contributed by atoms with Gasteiger partial charge in [0.2, 0.25) is 0 Å². The number of halogens is 2. The first-order valence-corrected chi connectivity index (χ1v) is 9.34. The second kappa shape index (κ2) is 8.54. The van der Waals surface area contributed by atoms with E-state index in [2.05, 4.69) is 9.84 Å². The molecule has 0 saturated carbocycles. The van der Waals surface area contributed by atoms with Crippen LogP contribution in [0.25, 0.3) is 5.57 Å². The number of ketones is 1. The number of carbonyl (C=O) groups is 2. The van der Waals surface area contributed by atoms with Crippen LogP contribution in [0.4, 0.5) is 8.78 Å². The van der Waals surface area contributed by atoms with Gasteiger partial charge in [0.05, 0.1) is 25.0 Å². The smallest absolute Gasteiger partial charge is 0.345 e. The minimum atomic E-state index is -2.93. The Balaban J connectivity index is 1.70. The Morgan fingerprint density at radius 3 is 2.83 bits per heavy atom. The number of aromatic nitrogens is 2. The van der Waals surface area contributed by atoms with E-state index in [-0.39, 0.29) is 25.5 Å². The third-order valence-electron chi connectivity index (χ3n) is 4.59. The van der Waals surface area contributed by atoms with Crippen LogP contribution in [-0.2, 0) is 30.3 Å². The maximum atomic E-state index is 13.0. The van der Waals surface area contributed by atoms with Crippen molar-refractivity contribution in [2.24, 2.45) is 11.8 Å². The van der Waals surface area contributed by atoms with Crippen LogP contribution in [0.1, 0.15) is 26.5 Å². The highest BCUT2D eigenvalue weighted by Crippen LogP contribution is 2.33. The fraction of sp³-hybridized carbons (Fsp3) is 0.550. The lowest BCUT2D eigenvalue weighted by Crippen LogP contribution is -2.35. The molecule has 0 bridgehead atoms. The van der Waals surface area contributed by atoms with Crippen LogP contribution in [-0.4, -0.2) is 53.1 Å². The van der Waals surface area contributed by atoms with Crippen LogP contribution in [0, 0.1) is 11.8 Å². The molecule has 7 nitrogen and oxygen atoms in total. The Bertz CT molecular complexity index is 825. The molecule has 158 valence electrons. The first-order valence-electron chi connectivity index (χ1n) is 9.34. The van der Waals surface area contributed by atoms with E-state index in [0.29, 0.717) is 11.3 Å². The summed E-state index contributed by atoms with van der Waals surface area (Å²) in [4.78, 5) is 25.0. The fourth-order valence-electron chi connectivity index (χ4n) is 3.43. The molecule has 1 aromatic heterocycles. The summed E-state index contributed by atoms with van der Waals surface area (Å²) in [5.74, 6) is -1.82. The van der Waals surface area contributed by atoms with Crippen molar-refractivity contribution in [1.82, 2.24) is 9.78 Å². The minimum absolute atomic E-state index is 0.0240. The summed E-state index contributed by atoms with van der Waals surface area (Å²) in [5, 5.41) is 4.29. The van der Waals surface area contributed by atoms with Gasteiger partial charge < -0.3 is 14.2 Å². The van der Waals surface area contributed by atoms with Crippen molar-refractivity contribution in [2.75, 3.05) is 13.2 Å². The van der Waals surface area contributed by atoms with Gasteiger partial charge in [0, 0.05) is 23.6 Å². The van der Waals surface area contributed by atoms with E-state index in [0.717, 1.165) is 0 Å². The predicted octanol–water partition coefficient (Wildman–Crippen LogP) is 2.62. The van der Waals surface area contributed by atoms with E-state index in [9.17, 15) is 18.4 Å². The fourth-order valence-corrected chi connectivity index (χ4v) is 3.43. The Kier molecular flexibility index (Phi) is 6.28. The summed E-state index contributed by atoms with van der Waals surface area (Å²) in [6, 6.07) is 1.63. The third kappa shape index (κ3) is 5.36. The number of ether oxygens (including phenoxy) is 3. The van der Waals surface area contributed by atoms with Crippen LogP contribution in [0.2, 0.25) is 0 Å². The van der Waals surface area contributed by atoms with E-state index < -0.39 is 36.1 Å². The average molecular weight is 410 g/mol. The number of hydrogen-bond acceptors (Lipinski definition) is 6. The molecule has 0 aromatic carbocycles. The molecule has 0 N–H and O–H groups in total. The van der Waals surface area contributed by atoms with Gasteiger partial charge in [0.1, 0.15) is 12.1 Å². The largest absolute Gasteiger partial charge is 0.459 e. The molecule has 1 aliphatic heterocycles. The lowest BCUT2D eigenvalue weighted by molar-refractivity contribution is -0.173. The number of esters is 1. The van der Waals surface area contributed by atoms with E-state index in [1.54, 1.807) is 51.3 Å². The van der Waals surface area contributed by atoms with Gasteiger partial charge >= 0.3 is 12.6 Å². The molecular formula is C20H24F2N2O5. The summed E-state index contributed by atoms with van der Waals surface area (Å²) in [5.41, 5.74) is 0.147. The zero-order valence-corrected chi connectivity index (χ0v) is 16.5. The highest BCUT2D eigenvalue weighted by molar-refractivity contribution is 6.23. The molecule has 0 spiro atoms. The predicted molar refractivity (Wildman–Crippen MR) is 98.9 cm³/mol. The van der Waals surface area contributed by atoms with Gasteiger partial charge in [-0.1, -0.05) is 12.2 Å². The first kappa shape index (κ1) is 21.3. The van der Waals surface area contributed by atoms with Gasteiger partial charge in [-0.2, -0.15) is 13.9 Å². The number of alkyl halides is 2. The Morgan fingerprint density at radius 1 is 1.38 bits per heavy atom. The van der Waals surface area contributed by atoms with Crippen molar-refractivity contribution in [1.29, 1.82) is 0 Å². The maximum Gasteiger partial charge on any atom is 0.345 e. The van der Waals surface area contributed by atoms with E-state index in [1.165, 1.54) is 4.68 Å². The average Bonchev–Trinajstić information content (AvgIpc) is 3.22. The SMILES string of the molecule is CC(C)(C)OC(=O)Cn1ccc(C2=CC=CC([C@@H]3COCC3OC(F)F)C2=O)n1. The molecule has 2 unspecified atom stereocenters. The van der Waals surface area contributed by atoms with Gasteiger partial charge in [-0.05, 0) is 32.9 Å². The lowest BCUT2D eigenvalue weighted by atomic mass is 9.80. The summed E-state index contributed by atoms with van der Waals surface area (Å²) >= 11 is 0. The maximum absolute atomic E-state index is 13.0. The normalized spacial score (nSPS) is 24.8. The molecule has 1 aromatic rings. The second-order valence-electron chi connectivity index (χ2n) is 7.98. The zero-order chi connectivity index (χ0) is 21.2. The summed E-state index contributed by atoms with van der Waals surface area (Å²) in [6.45, 7) is 2.50. The number of nitrogens with zero attached hydrogens (tertiary/aromatic N) is 2. The quantitative estimate of drug-likeness (QED) is 0.671. The minimum Gasteiger partial charge on any atom is -0.459 e. The molecule has 0 amide bonds. The second-order valence-corrected chi connectivity index (χ2v) is 7.98. The van der Waals surface area contributed by atoms with E-state index in [1.807, 2.05) is 0 Å². The molecule has 0 radical (unpaired) electrons. The summed E-state index contributed by atoms with van der Waals surface area (Å²) in [6.07, 6.45) is 5.73. The van der Waals surface area contributed by atoms with Gasteiger partial charge in [-0.25, -0.2) is 0 Å². The highest BCUT2D eigenvalue weighted by atomic mass is 19.3. The van der Waals surface area contributed by atoms with Crippen LogP contribution in [0.15, 0.2) is 30.5 Å². The van der Waals surface area contributed by atoms with E-state index in [4.69, 9.17) is 9.47 Å². The van der Waals surface area contributed by atoms with E-state index >= 15 is 0 Å². The van der Waals surface area contributed by atoms with Crippen LogP contribution in [0.3, 0.4) is 0 Å². The van der Waals surface area contributed by atoms with Crippen molar-refractivity contribution in [3.8, 4) is 0 Å². The first-order chi connectivity index (χ1) is 13.6. The molecular weight excluding hydrogens is 386 g/mol. The highest BCUT2D eigenvalue weighted by Gasteiger charge is 2.41. The number of hydrogen-bond donors (Lipinski definition) is 0. The number of rotatable bonds is 6. The topological polar surface area (TPSA) is 79.6 Å². The van der Waals surface area contributed by atoms with Crippen molar-refractivity contribution in [2.45, 2.75) is 45.6 Å². The Hall–Kier alpha value is -2.39. The molecule has 1 fully saturated rings. The van der Waals surface area contributed by atoms with Gasteiger partial charge in [0.25, 0.3) is 0 Å². The number of Topliss-reactive ketones (excluding diaryl/α,β-unsaturated/α-hetero) is 1. The molecule has 2 aliphatic rings. The van der Waals surface area contributed by atoms with Crippen molar-refractivity contribution >= 4 is 17.3 Å². The standard InChI is InChI=1S/C20H24F2N2O5/c1-20(2,3)29-17(25)9-24-8-7-15(23-24)13-6-4-5-12(18(13)26)14-10-27-11-16(14)28-19(21)22/h4-8,12,14,16,19H,9-11H2,1-3H3/t12?,14-,16?/m0/s1. The Morgan fingerprint density at radius 2 is 2.14 bits per heavy atom. The van der Waals surface area contributed by atoms with Gasteiger partial charge in [-0.15, -0.1) is 0 Å². The van der Waals surface area contributed by atoms with Gasteiger partial charge in [0.15, 0.2) is 5.78 Å². The summed E-state index contributed by atoms with van der Waals surface area (Å²) in [7, 11) is 0. The van der Waals surface area contributed by atoms with Crippen molar-refractivity contribution in [3.63, 3.8) is 0 Å². The van der Waals surface area contributed by atoms with Crippen LogP contribution < -0.4 is 0 Å². The van der Waals surface area contributed by atoms with Crippen molar-refractivity contribution in [3.05, 3.63) is 36.2 Å². The zero-order valence-electron chi connectivity index (χ0n) is 16.5. The molecule has 9 heteroatoms. The number of carbonyl (C=O) groups excluding carboxylic acids is 2. The lowest BCUT2D eigenvalue weighted by Gasteiger charge is -2.25.